The minimum Gasteiger partial charge on any atom is -0.352 e. The topological polar surface area (TPSA) is 64.7 Å². The summed E-state index contributed by atoms with van der Waals surface area (Å²) in [6.07, 6.45) is 11.1. The van der Waals surface area contributed by atoms with Crippen molar-refractivity contribution in [2.75, 3.05) is 0 Å². The van der Waals surface area contributed by atoms with Gasteiger partial charge in [-0.3, -0.25) is 9.48 Å². The number of fused-ring (bicyclic) bond motifs is 1. The van der Waals surface area contributed by atoms with Crippen molar-refractivity contribution in [2.45, 2.75) is 83.2 Å². The molecule has 1 aromatic carbocycles. The molecule has 176 valence electrons. The highest BCUT2D eigenvalue weighted by molar-refractivity contribution is 5.87. The summed E-state index contributed by atoms with van der Waals surface area (Å²) >= 11 is 0. The molecule has 2 aromatic heterocycles. The number of nitrogens with zero attached hydrogens (tertiary/aromatic N) is 4. The molecule has 7 heteroatoms. The van der Waals surface area contributed by atoms with Gasteiger partial charge in [-0.15, -0.1) is 0 Å². The Labute approximate surface area is 194 Å². The SMILES string of the molecule is Cc1cc(-c2nc3ccc(F)cc3n2C(C(=O)NC2CCCCC2)C2CCCCC2)nn1C. The van der Waals surface area contributed by atoms with Gasteiger partial charge in [0.15, 0.2) is 5.82 Å². The summed E-state index contributed by atoms with van der Waals surface area (Å²) in [5.74, 6) is 0.578. The van der Waals surface area contributed by atoms with E-state index in [-0.39, 0.29) is 23.7 Å². The van der Waals surface area contributed by atoms with Gasteiger partial charge in [0.25, 0.3) is 0 Å². The van der Waals surface area contributed by atoms with Gasteiger partial charge in [-0.05, 0) is 62.8 Å². The summed E-state index contributed by atoms with van der Waals surface area (Å²) in [4.78, 5) is 18.8. The lowest BCUT2D eigenvalue weighted by molar-refractivity contribution is -0.127. The molecule has 2 aliphatic rings. The second-order valence-electron chi connectivity index (χ2n) is 9.92. The number of nitrogens with one attached hydrogen (secondary N) is 1. The van der Waals surface area contributed by atoms with E-state index < -0.39 is 6.04 Å². The average Bonchev–Trinajstić information content (AvgIpc) is 3.35. The van der Waals surface area contributed by atoms with Crippen LogP contribution >= 0.6 is 0 Å². The molecule has 33 heavy (non-hydrogen) atoms. The molecule has 5 rings (SSSR count). The molecule has 0 saturated heterocycles. The van der Waals surface area contributed by atoms with Gasteiger partial charge >= 0.3 is 0 Å². The Bertz CT molecular complexity index is 1120. The number of rotatable bonds is 5. The minimum atomic E-state index is -0.420. The molecule has 6 nitrogen and oxygen atoms in total. The summed E-state index contributed by atoms with van der Waals surface area (Å²) < 4.78 is 18.2. The van der Waals surface area contributed by atoms with Crippen molar-refractivity contribution in [3.8, 4) is 11.5 Å². The first-order valence-corrected chi connectivity index (χ1v) is 12.5. The molecule has 2 heterocycles. The Morgan fingerprint density at radius 1 is 1.06 bits per heavy atom. The number of hydrogen-bond donors (Lipinski definition) is 1. The van der Waals surface area contributed by atoms with E-state index in [0.29, 0.717) is 16.9 Å². The smallest absolute Gasteiger partial charge is 0.243 e. The van der Waals surface area contributed by atoms with Gasteiger partial charge in [0, 0.05) is 18.8 Å². The van der Waals surface area contributed by atoms with E-state index in [4.69, 9.17) is 4.98 Å². The van der Waals surface area contributed by atoms with Crippen molar-refractivity contribution < 1.29 is 9.18 Å². The molecule has 1 amide bonds. The van der Waals surface area contributed by atoms with Crippen LogP contribution in [0.15, 0.2) is 24.3 Å². The van der Waals surface area contributed by atoms with Gasteiger partial charge in [0.1, 0.15) is 17.6 Å². The predicted molar refractivity (Wildman–Crippen MR) is 127 cm³/mol. The highest BCUT2D eigenvalue weighted by atomic mass is 19.1. The summed E-state index contributed by atoms with van der Waals surface area (Å²) in [6.45, 7) is 2.00. The largest absolute Gasteiger partial charge is 0.352 e. The molecule has 0 aliphatic heterocycles. The molecule has 1 atom stereocenters. The highest BCUT2D eigenvalue weighted by Crippen LogP contribution is 2.38. The Balaban J connectivity index is 1.64. The summed E-state index contributed by atoms with van der Waals surface area (Å²) in [5, 5.41) is 8.04. The van der Waals surface area contributed by atoms with Crippen LogP contribution in [0.4, 0.5) is 4.39 Å². The molecule has 0 spiro atoms. The fourth-order valence-corrected chi connectivity index (χ4v) is 5.72. The van der Waals surface area contributed by atoms with Crippen molar-refractivity contribution in [2.24, 2.45) is 13.0 Å². The number of amides is 1. The van der Waals surface area contributed by atoms with Crippen LogP contribution in [0.1, 0.15) is 75.9 Å². The zero-order chi connectivity index (χ0) is 22.9. The molecular weight excluding hydrogens is 417 g/mol. The van der Waals surface area contributed by atoms with Crippen LogP contribution in [-0.2, 0) is 11.8 Å². The van der Waals surface area contributed by atoms with E-state index in [9.17, 15) is 9.18 Å². The number of carbonyl (C=O) groups is 1. The van der Waals surface area contributed by atoms with Crippen molar-refractivity contribution in [1.82, 2.24) is 24.6 Å². The number of halogens is 1. The van der Waals surface area contributed by atoms with Crippen LogP contribution in [0.25, 0.3) is 22.6 Å². The number of carbonyl (C=O) groups excluding carboxylic acids is 1. The zero-order valence-electron chi connectivity index (χ0n) is 19.7. The summed E-state index contributed by atoms with van der Waals surface area (Å²) in [6, 6.07) is 6.46. The van der Waals surface area contributed by atoms with E-state index in [1.807, 2.05) is 29.3 Å². The van der Waals surface area contributed by atoms with Gasteiger partial charge in [0.2, 0.25) is 5.91 Å². The Morgan fingerprint density at radius 2 is 1.76 bits per heavy atom. The van der Waals surface area contributed by atoms with Crippen molar-refractivity contribution >= 4 is 16.9 Å². The van der Waals surface area contributed by atoms with E-state index in [0.717, 1.165) is 62.8 Å². The first-order chi connectivity index (χ1) is 16.0. The van der Waals surface area contributed by atoms with Gasteiger partial charge in [0.05, 0.1) is 11.0 Å². The lowest BCUT2D eigenvalue weighted by Gasteiger charge is -2.33. The third-order valence-electron chi connectivity index (χ3n) is 7.59. The maximum Gasteiger partial charge on any atom is 0.243 e. The molecule has 3 aromatic rings. The Morgan fingerprint density at radius 3 is 2.42 bits per heavy atom. The van der Waals surface area contributed by atoms with Crippen molar-refractivity contribution in [3.05, 3.63) is 35.8 Å². The fraction of sp³-hybridized carbons (Fsp3) is 0.577. The normalized spacial score (nSPS) is 19.1. The van der Waals surface area contributed by atoms with E-state index in [1.165, 1.54) is 25.0 Å². The molecule has 0 radical (unpaired) electrons. The standard InChI is InChI=1S/C26H34FN5O/c1-17-15-22(30-31(17)2)25-29-21-14-13-19(27)16-23(21)32(25)24(18-9-5-3-6-10-18)26(33)28-20-11-7-4-8-12-20/h13-16,18,20,24H,3-12H2,1-2H3,(H,28,33). The van der Waals surface area contributed by atoms with Crippen LogP contribution in [-0.4, -0.2) is 31.3 Å². The number of aromatic nitrogens is 4. The first kappa shape index (κ1) is 22.1. The molecule has 1 N–H and O–H groups in total. The Kier molecular flexibility index (Phi) is 6.21. The molecule has 1 unspecified atom stereocenters. The van der Waals surface area contributed by atoms with Gasteiger partial charge in [-0.25, -0.2) is 9.37 Å². The zero-order valence-corrected chi connectivity index (χ0v) is 19.7. The quantitative estimate of drug-likeness (QED) is 0.561. The second kappa shape index (κ2) is 9.27. The van der Waals surface area contributed by atoms with E-state index in [2.05, 4.69) is 10.4 Å². The average molecular weight is 452 g/mol. The molecule has 0 bridgehead atoms. The third kappa shape index (κ3) is 4.42. The Hall–Kier alpha value is -2.70. The summed E-state index contributed by atoms with van der Waals surface area (Å²) in [7, 11) is 1.90. The number of aryl methyl sites for hydroxylation is 2. The number of hydrogen-bond acceptors (Lipinski definition) is 3. The van der Waals surface area contributed by atoms with Crippen LogP contribution in [0.5, 0.6) is 0 Å². The van der Waals surface area contributed by atoms with Crippen molar-refractivity contribution in [3.63, 3.8) is 0 Å². The van der Waals surface area contributed by atoms with Crippen LogP contribution in [0.2, 0.25) is 0 Å². The molecule has 2 saturated carbocycles. The molecular formula is C26H34FN5O. The highest BCUT2D eigenvalue weighted by Gasteiger charge is 2.36. The van der Waals surface area contributed by atoms with Gasteiger partial charge in [-0.1, -0.05) is 38.5 Å². The maximum absolute atomic E-state index is 14.4. The third-order valence-corrected chi connectivity index (χ3v) is 7.59. The van der Waals surface area contributed by atoms with E-state index in [1.54, 1.807) is 6.07 Å². The molecule has 2 fully saturated rings. The van der Waals surface area contributed by atoms with Crippen molar-refractivity contribution in [1.29, 1.82) is 0 Å². The van der Waals surface area contributed by atoms with Gasteiger partial charge < -0.3 is 9.88 Å². The lowest BCUT2D eigenvalue weighted by Crippen LogP contribution is -2.43. The second-order valence-corrected chi connectivity index (χ2v) is 9.92. The lowest BCUT2D eigenvalue weighted by atomic mass is 9.82. The van der Waals surface area contributed by atoms with Gasteiger partial charge in [-0.2, -0.15) is 5.10 Å². The number of benzene rings is 1. The maximum atomic E-state index is 14.4. The van der Waals surface area contributed by atoms with Crippen LogP contribution in [0, 0.1) is 18.7 Å². The van der Waals surface area contributed by atoms with Crippen LogP contribution in [0.3, 0.4) is 0 Å². The first-order valence-electron chi connectivity index (χ1n) is 12.5. The van der Waals surface area contributed by atoms with Crippen LogP contribution < -0.4 is 5.32 Å². The fourth-order valence-electron chi connectivity index (χ4n) is 5.72. The van der Waals surface area contributed by atoms with E-state index >= 15 is 0 Å². The minimum absolute atomic E-state index is 0.0475. The monoisotopic (exact) mass is 451 g/mol. The predicted octanol–water partition coefficient (Wildman–Crippen LogP) is 5.45. The summed E-state index contributed by atoms with van der Waals surface area (Å²) in [5.41, 5.74) is 3.09. The number of imidazole rings is 1. The molecule has 2 aliphatic carbocycles.